The van der Waals surface area contributed by atoms with Crippen LogP contribution in [-0.4, -0.2) is 20.2 Å². The van der Waals surface area contributed by atoms with Gasteiger partial charge < -0.3 is 4.98 Å². The maximum atomic E-state index is 5.06. The monoisotopic (exact) mass is 296 g/mol. The number of aryl methyl sites for hydroxylation is 1. The first-order valence-electron chi connectivity index (χ1n) is 7.06. The molecule has 4 rings (SSSR count). The van der Waals surface area contributed by atoms with Crippen molar-refractivity contribution in [2.75, 3.05) is 0 Å². The van der Waals surface area contributed by atoms with E-state index in [0.29, 0.717) is 10.7 Å². The molecule has 1 atom stereocenters. The Balaban J connectivity index is 1.86. The van der Waals surface area contributed by atoms with Crippen molar-refractivity contribution in [2.24, 2.45) is 0 Å². The van der Waals surface area contributed by atoms with Gasteiger partial charge in [0.05, 0.1) is 0 Å². The number of allylic oxidation sites excluding steroid dienone is 1. The van der Waals surface area contributed by atoms with Crippen molar-refractivity contribution in [2.45, 2.75) is 25.7 Å². The van der Waals surface area contributed by atoms with Crippen LogP contribution in [0.3, 0.4) is 0 Å². The van der Waals surface area contributed by atoms with E-state index in [9.17, 15) is 0 Å². The minimum absolute atomic E-state index is 0.303. The van der Waals surface area contributed by atoms with Gasteiger partial charge >= 0.3 is 0 Å². The summed E-state index contributed by atoms with van der Waals surface area (Å²) in [6, 6.07) is 6.52. The summed E-state index contributed by atoms with van der Waals surface area (Å²) in [5.74, 6) is 1.23. The van der Waals surface area contributed by atoms with E-state index in [4.69, 9.17) is 12.2 Å². The molecule has 0 radical (unpaired) electrons. The van der Waals surface area contributed by atoms with E-state index in [2.05, 4.69) is 51.9 Å². The van der Waals surface area contributed by atoms with Crippen LogP contribution in [0.1, 0.15) is 35.0 Å². The predicted octanol–water partition coefficient (Wildman–Crippen LogP) is 4.00. The summed E-state index contributed by atoms with van der Waals surface area (Å²) in [6.07, 6.45) is 1.85. The van der Waals surface area contributed by atoms with Crippen molar-refractivity contribution in [3.05, 3.63) is 52.2 Å². The second-order valence-corrected chi connectivity index (χ2v) is 6.18. The molecule has 0 spiro atoms. The van der Waals surface area contributed by atoms with Gasteiger partial charge in [0.15, 0.2) is 0 Å². The number of aromatic amines is 3. The van der Waals surface area contributed by atoms with Gasteiger partial charge in [0, 0.05) is 22.5 Å². The number of H-pyrrole nitrogens is 3. The molecule has 4 nitrogen and oxygen atoms in total. The smallest absolute Gasteiger partial charge is 0.213 e. The average molecular weight is 296 g/mol. The molecule has 1 aliphatic rings. The number of nitrogens with zero attached hydrogens (tertiary/aromatic N) is 1. The van der Waals surface area contributed by atoms with E-state index in [1.165, 1.54) is 27.7 Å². The highest BCUT2D eigenvalue weighted by Crippen LogP contribution is 2.40. The zero-order valence-electron chi connectivity index (χ0n) is 11.8. The van der Waals surface area contributed by atoms with Gasteiger partial charge in [-0.05, 0) is 55.3 Å². The van der Waals surface area contributed by atoms with Gasteiger partial charge in [-0.2, -0.15) is 0 Å². The molecule has 5 heteroatoms. The number of benzene rings is 1. The van der Waals surface area contributed by atoms with Crippen LogP contribution in [0.15, 0.2) is 24.8 Å². The van der Waals surface area contributed by atoms with Crippen molar-refractivity contribution < 1.29 is 0 Å². The third-order valence-electron chi connectivity index (χ3n) is 4.26. The quantitative estimate of drug-likeness (QED) is 0.594. The molecule has 0 bridgehead atoms. The Bertz CT molecular complexity index is 912. The molecule has 0 unspecified atom stereocenters. The molecule has 0 saturated heterocycles. The fourth-order valence-electron chi connectivity index (χ4n) is 3.26. The number of hydrogen-bond acceptors (Lipinski definition) is 2. The molecule has 0 fully saturated rings. The predicted molar refractivity (Wildman–Crippen MR) is 86.9 cm³/mol. The molecule has 2 aromatic heterocycles. The first-order chi connectivity index (χ1) is 10.1. The molecular formula is C16H16N4S. The fraction of sp³-hybridized carbons (Fsp3) is 0.250. The molecule has 0 aliphatic heterocycles. The molecule has 1 aliphatic carbocycles. The number of hydrogen-bond donors (Lipinski definition) is 3. The molecule has 0 amide bonds. The summed E-state index contributed by atoms with van der Waals surface area (Å²) >= 11 is 5.06. The van der Waals surface area contributed by atoms with E-state index in [0.717, 1.165) is 24.2 Å². The summed E-state index contributed by atoms with van der Waals surface area (Å²) in [5.41, 5.74) is 6.13. The van der Waals surface area contributed by atoms with Crippen LogP contribution < -0.4 is 0 Å². The van der Waals surface area contributed by atoms with Crippen LogP contribution in [0.2, 0.25) is 0 Å². The van der Waals surface area contributed by atoms with E-state index < -0.39 is 0 Å². The Morgan fingerprint density at radius 1 is 1.29 bits per heavy atom. The second-order valence-electron chi connectivity index (χ2n) is 5.79. The van der Waals surface area contributed by atoms with Crippen LogP contribution in [0.4, 0.5) is 0 Å². The number of nitrogens with one attached hydrogen (secondary N) is 3. The van der Waals surface area contributed by atoms with Gasteiger partial charge in [-0.1, -0.05) is 18.2 Å². The van der Waals surface area contributed by atoms with Gasteiger partial charge in [-0.3, -0.25) is 10.2 Å². The minimum atomic E-state index is 0.303. The van der Waals surface area contributed by atoms with E-state index >= 15 is 0 Å². The van der Waals surface area contributed by atoms with Crippen molar-refractivity contribution in [1.82, 2.24) is 20.2 Å². The van der Waals surface area contributed by atoms with Crippen LogP contribution >= 0.6 is 12.2 Å². The van der Waals surface area contributed by atoms with Crippen LogP contribution in [0.5, 0.6) is 0 Å². The van der Waals surface area contributed by atoms with Crippen molar-refractivity contribution in [3.63, 3.8) is 0 Å². The lowest BCUT2D eigenvalue weighted by atomic mass is 9.83. The molecule has 3 aromatic rings. The van der Waals surface area contributed by atoms with E-state index in [1.54, 1.807) is 0 Å². The molecular weight excluding hydrogens is 280 g/mol. The summed E-state index contributed by atoms with van der Waals surface area (Å²) in [6.45, 7) is 6.37. The number of fused-ring (bicyclic) bond motifs is 3. The van der Waals surface area contributed by atoms with Crippen molar-refractivity contribution >= 4 is 28.7 Å². The minimum Gasteiger partial charge on any atom is -0.355 e. The van der Waals surface area contributed by atoms with Gasteiger partial charge in [0.1, 0.15) is 5.82 Å². The highest BCUT2D eigenvalue weighted by molar-refractivity contribution is 7.71. The Morgan fingerprint density at radius 3 is 2.90 bits per heavy atom. The van der Waals surface area contributed by atoms with Crippen LogP contribution in [-0.2, 0) is 6.42 Å². The van der Waals surface area contributed by atoms with Crippen LogP contribution in [0, 0.1) is 11.7 Å². The zero-order valence-corrected chi connectivity index (χ0v) is 12.6. The van der Waals surface area contributed by atoms with Crippen LogP contribution in [0.25, 0.3) is 16.5 Å². The average Bonchev–Trinajstić information content (AvgIpc) is 3.03. The van der Waals surface area contributed by atoms with Crippen molar-refractivity contribution in [3.8, 4) is 0 Å². The van der Waals surface area contributed by atoms with Gasteiger partial charge in [-0.15, -0.1) is 0 Å². The SMILES string of the molecule is C=C1C[C@@H](c2nc(=S)[nH][nH]2)Cc2c1[nH]c1ccc(C)cc21. The third-order valence-corrected chi connectivity index (χ3v) is 4.46. The normalized spacial score (nSPS) is 18.1. The van der Waals surface area contributed by atoms with Gasteiger partial charge in [0.2, 0.25) is 4.77 Å². The first-order valence-corrected chi connectivity index (χ1v) is 7.46. The highest BCUT2D eigenvalue weighted by Gasteiger charge is 2.27. The number of aromatic nitrogens is 4. The molecule has 2 heterocycles. The molecule has 21 heavy (non-hydrogen) atoms. The highest BCUT2D eigenvalue weighted by atomic mass is 32.1. The molecule has 106 valence electrons. The molecule has 1 aromatic carbocycles. The zero-order chi connectivity index (χ0) is 14.6. The first kappa shape index (κ1) is 12.6. The van der Waals surface area contributed by atoms with E-state index in [-0.39, 0.29) is 0 Å². The Morgan fingerprint density at radius 2 is 2.14 bits per heavy atom. The lowest BCUT2D eigenvalue weighted by Crippen LogP contribution is -2.12. The third kappa shape index (κ3) is 1.96. The Hall–Kier alpha value is -2.14. The number of rotatable bonds is 1. The molecule has 0 saturated carbocycles. The fourth-order valence-corrected chi connectivity index (χ4v) is 3.41. The maximum Gasteiger partial charge on any atom is 0.213 e. The van der Waals surface area contributed by atoms with Crippen molar-refractivity contribution in [1.29, 1.82) is 0 Å². The molecule has 3 N–H and O–H groups in total. The summed E-state index contributed by atoms with van der Waals surface area (Å²) in [4.78, 5) is 7.89. The van der Waals surface area contributed by atoms with Gasteiger partial charge in [-0.25, -0.2) is 4.98 Å². The Labute approximate surface area is 127 Å². The summed E-state index contributed by atoms with van der Waals surface area (Å²) in [7, 11) is 0. The van der Waals surface area contributed by atoms with Gasteiger partial charge in [0.25, 0.3) is 0 Å². The lowest BCUT2D eigenvalue weighted by Gasteiger charge is -2.22. The standard InChI is InChI=1S/C16H16N4S/c1-8-3-4-13-11(5-8)12-7-10(6-9(2)14(12)17-13)15-18-16(21)20-19-15/h3-5,10,17H,2,6-7H2,1H3,(H2,18,19,20,21)/t10-/m1/s1. The lowest BCUT2D eigenvalue weighted by molar-refractivity contribution is 0.642. The van der Waals surface area contributed by atoms with E-state index in [1.807, 2.05) is 0 Å². The topological polar surface area (TPSA) is 60.3 Å². The summed E-state index contributed by atoms with van der Waals surface area (Å²) in [5, 5.41) is 7.27. The Kier molecular flexibility index (Phi) is 2.65. The maximum absolute atomic E-state index is 5.06. The summed E-state index contributed by atoms with van der Waals surface area (Å²) < 4.78 is 0.510. The second kappa shape index (κ2) is 4.43. The largest absolute Gasteiger partial charge is 0.355 e.